The van der Waals surface area contributed by atoms with Crippen molar-refractivity contribution in [1.82, 2.24) is 15.0 Å². The second kappa shape index (κ2) is 5.37. The number of aryl methyl sites for hydroxylation is 1. The number of fused-ring (bicyclic) bond motifs is 5. The van der Waals surface area contributed by atoms with Crippen LogP contribution in [0.1, 0.15) is 29.7 Å². The second-order valence-electron chi connectivity index (χ2n) is 6.28. The maximum atomic E-state index is 6.21. The maximum absolute atomic E-state index is 6.21. The van der Waals surface area contributed by atoms with Gasteiger partial charge in [0.15, 0.2) is 0 Å². The number of aromatic nitrogens is 3. The molecule has 2 heterocycles. The van der Waals surface area contributed by atoms with Gasteiger partial charge in [0, 0.05) is 5.39 Å². The Labute approximate surface area is 138 Å². The third kappa shape index (κ3) is 2.01. The SMILES string of the molecule is c1ccc(COn2c3c(c4c5nonc5ccc42)CCCC3)cc1. The lowest BCUT2D eigenvalue weighted by molar-refractivity contribution is 0.0998. The summed E-state index contributed by atoms with van der Waals surface area (Å²) in [7, 11) is 0. The van der Waals surface area contributed by atoms with Crippen molar-refractivity contribution >= 4 is 21.9 Å². The van der Waals surface area contributed by atoms with Gasteiger partial charge in [0.1, 0.15) is 17.6 Å². The fraction of sp³-hybridized carbons (Fsp3) is 0.263. The Bertz CT molecular complexity index is 1020. The van der Waals surface area contributed by atoms with Crippen molar-refractivity contribution in [3.8, 4) is 0 Å². The molecule has 0 N–H and O–H groups in total. The largest absolute Gasteiger partial charge is 0.409 e. The first kappa shape index (κ1) is 13.6. The van der Waals surface area contributed by atoms with Crippen LogP contribution in [0.5, 0.6) is 0 Å². The van der Waals surface area contributed by atoms with Crippen molar-refractivity contribution in [2.75, 3.05) is 0 Å². The quantitative estimate of drug-likeness (QED) is 0.578. The molecule has 2 aromatic heterocycles. The Morgan fingerprint density at radius 1 is 1.00 bits per heavy atom. The Hall–Kier alpha value is -2.82. The Morgan fingerprint density at radius 3 is 2.79 bits per heavy atom. The molecule has 120 valence electrons. The van der Waals surface area contributed by atoms with Crippen LogP contribution in [-0.4, -0.2) is 15.0 Å². The summed E-state index contributed by atoms with van der Waals surface area (Å²) in [5.74, 6) is 0. The fourth-order valence-corrected chi connectivity index (χ4v) is 3.70. The van der Waals surface area contributed by atoms with Gasteiger partial charge in [-0.1, -0.05) is 30.3 Å². The molecule has 0 atom stereocenters. The van der Waals surface area contributed by atoms with E-state index in [2.05, 4.69) is 28.5 Å². The zero-order valence-electron chi connectivity index (χ0n) is 13.2. The summed E-state index contributed by atoms with van der Waals surface area (Å²) in [6.45, 7) is 0.548. The minimum absolute atomic E-state index is 0.548. The van der Waals surface area contributed by atoms with E-state index in [1.807, 2.05) is 29.0 Å². The highest BCUT2D eigenvalue weighted by molar-refractivity contribution is 6.05. The van der Waals surface area contributed by atoms with Gasteiger partial charge in [-0.3, -0.25) is 0 Å². The van der Waals surface area contributed by atoms with E-state index in [1.54, 1.807) is 0 Å². The van der Waals surface area contributed by atoms with Crippen molar-refractivity contribution < 1.29 is 9.47 Å². The number of rotatable bonds is 3. The zero-order valence-corrected chi connectivity index (χ0v) is 13.2. The summed E-state index contributed by atoms with van der Waals surface area (Å²) in [6.07, 6.45) is 4.48. The van der Waals surface area contributed by atoms with E-state index < -0.39 is 0 Å². The predicted molar refractivity (Wildman–Crippen MR) is 90.7 cm³/mol. The van der Waals surface area contributed by atoms with Crippen LogP contribution in [0.4, 0.5) is 0 Å². The average Bonchev–Trinajstić information content (AvgIpc) is 3.23. The Balaban J connectivity index is 1.67. The Kier molecular flexibility index (Phi) is 3.04. The highest BCUT2D eigenvalue weighted by Gasteiger charge is 2.24. The summed E-state index contributed by atoms with van der Waals surface area (Å²) in [6, 6.07) is 14.3. The highest BCUT2D eigenvalue weighted by atomic mass is 16.7. The van der Waals surface area contributed by atoms with Crippen LogP contribution in [0.3, 0.4) is 0 Å². The van der Waals surface area contributed by atoms with Gasteiger partial charge in [0.05, 0.1) is 11.2 Å². The van der Waals surface area contributed by atoms with Crippen molar-refractivity contribution in [2.45, 2.75) is 32.3 Å². The van der Waals surface area contributed by atoms with E-state index in [9.17, 15) is 0 Å². The lowest BCUT2D eigenvalue weighted by Gasteiger charge is -2.16. The summed E-state index contributed by atoms with van der Waals surface area (Å²) in [4.78, 5) is 6.21. The first-order chi connectivity index (χ1) is 11.9. The molecule has 0 bridgehead atoms. The number of hydrogen-bond donors (Lipinski definition) is 0. The van der Waals surface area contributed by atoms with E-state index in [1.165, 1.54) is 24.1 Å². The standard InChI is InChI=1S/C19H17N3O2/c1-2-6-13(7-3-1)12-23-22-16-9-5-4-8-14(16)18-17(22)11-10-15-19(18)21-24-20-15/h1-3,6-7,10-11H,4-5,8-9,12H2. The summed E-state index contributed by atoms with van der Waals surface area (Å²) < 4.78 is 6.96. The van der Waals surface area contributed by atoms with Gasteiger partial charge in [0.25, 0.3) is 0 Å². The first-order valence-electron chi connectivity index (χ1n) is 8.36. The van der Waals surface area contributed by atoms with Crippen LogP contribution in [0.25, 0.3) is 21.9 Å². The third-order valence-electron chi connectivity index (χ3n) is 4.81. The molecule has 24 heavy (non-hydrogen) atoms. The van der Waals surface area contributed by atoms with Crippen LogP contribution >= 0.6 is 0 Å². The number of benzene rings is 2. The van der Waals surface area contributed by atoms with Crippen molar-refractivity contribution in [3.63, 3.8) is 0 Å². The van der Waals surface area contributed by atoms with E-state index >= 15 is 0 Å². The van der Waals surface area contributed by atoms with Crippen molar-refractivity contribution in [3.05, 3.63) is 59.3 Å². The van der Waals surface area contributed by atoms with Gasteiger partial charge in [0.2, 0.25) is 0 Å². The Morgan fingerprint density at radius 2 is 1.88 bits per heavy atom. The molecule has 0 unspecified atom stereocenters. The summed E-state index contributed by atoms with van der Waals surface area (Å²) in [5.41, 5.74) is 6.46. The number of hydrogen-bond acceptors (Lipinski definition) is 4. The lowest BCUT2D eigenvalue weighted by Crippen LogP contribution is -2.16. The molecule has 5 rings (SSSR count). The monoisotopic (exact) mass is 319 g/mol. The minimum atomic E-state index is 0.548. The molecule has 1 aliphatic carbocycles. The molecular weight excluding hydrogens is 302 g/mol. The van der Waals surface area contributed by atoms with E-state index in [0.717, 1.165) is 40.3 Å². The first-order valence-corrected chi connectivity index (χ1v) is 8.36. The van der Waals surface area contributed by atoms with Crippen molar-refractivity contribution in [1.29, 1.82) is 0 Å². The third-order valence-corrected chi connectivity index (χ3v) is 4.81. The molecule has 1 aliphatic rings. The van der Waals surface area contributed by atoms with Gasteiger partial charge in [-0.15, -0.1) is 0 Å². The van der Waals surface area contributed by atoms with Crippen LogP contribution in [0.2, 0.25) is 0 Å². The maximum Gasteiger partial charge on any atom is 0.145 e. The molecule has 4 aromatic rings. The second-order valence-corrected chi connectivity index (χ2v) is 6.28. The van der Waals surface area contributed by atoms with Crippen LogP contribution in [-0.2, 0) is 19.4 Å². The molecule has 0 saturated carbocycles. The normalized spacial score (nSPS) is 14.2. The number of nitrogens with zero attached hydrogens (tertiary/aromatic N) is 3. The van der Waals surface area contributed by atoms with Gasteiger partial charge in [-0.2, -0.15) is 4.73 Å². The smallest absolute Gasteiger partial charge is 0.145 e. The van der Waals surface area contributed by atoms with Crippen LogP contribution < -0.4 is 4.84 Å². The molecule has 5 nitrogen and oxygen atoms in total. The molecule has 5 heteroatoms. The van der Waals surface area contributed by atoms with Gasteiger partial charge in [-0.05, 0) is 59.3 Å². The zero-order chi connectivity index (χ0) is 15.9. The van der Waals surface area contributed by atoms with Crippen molar-refractivity contribution in [2.24, 2.45) is 0 Å². The minimum Gasteiger partial charge on any atom is -0.409 e. The average molecular weight is 319 g/mol. The fourth-order valence-electron chi connectivity index (χ4n) is 3.70. The van der Waals surface area contributed by atoms with Gasteiger partial charge < -0.3 is 4.84 Å². The predicted octanol–water partition coefficient (Wildman–Crippen LogP) is 3.69. The molecule has 0 spiro atoms. The van der Waals surface area contributed by atoms with Gasteiger partial charge in [-0.25, -0.2) is 4.63 Å². The van der Waals surface area contributed by atoms with Crippen LogP contribution in [0, 0.1) is 0 Å². The van der Waals surface area contributed by atoms with E-state index in [4.69, 9.17) is 9.47 Å². The molecular formula is C19H17N3O2. The lowest BCUT2D eigenvalue weighted by atomic mass is 9.95. The molecule has 0 fully saturated rings. The highest BCUT2D eigenvalue weighted by Crippen LogP contribution is 2.35. The molecule has 2 aromatic carbocycles. The van der Waals surface area contributed by atoms with Crippen LogP contribution in [0.15, 0.2) is 47.1 Å². The molecule has 0 amide bonds. The summed E-state index contributed by atoms with van der Waals surface area (Å²) >= 11 is 0. The molecule has 0 saturated heterocycles. The van der Waals surface area contributed by atoms with E-state index in [0.29, 0.717) is 6.61 Å². The molecule has 0 radical (unpaired) electrons. The topological polar surface area (TPSA) is 53.1 Å². The van der Waals surface area contributed by atoms with Gasteiger partial charge >= 0.3 is 0 Å². The summed E-state index contributed by atoms with van der Waals surface area (Å²) in [5, 5.41) is 9.25. The van der Waals surface area contributed by atoms with E-state index in [-0.39, 0.29) is 0 Å². The molecule has 0 aliphatic heterocycles.